The van der Waals surface area contributed by atoms with Gasteiger partial charge in [0.1, 0.15) is 0 Å². The van der Waals surface area contributed by atoms with E-state index in [-0.39, 0.29) is 24.4 Å². The molecule has 1 unspecified atom stereocenters. The molecule has 1 aliphatic carbocycles. The molecule has 1 saturated carbocycles. The molecule has 1 atom stereocenters. The van der Waals surface area contributed by atoms with Crippen LogP contribution in [-0.4, -0.2) is 54.3 Å². The van der Waals surface area contributed by atoms with Crippen molar-refractivity contribution in [2.75, 3.05) is 26.7 Å². The van der Waals surface area contributed by atoms with Crippen molar-refractivity contribution >= 4 is 23.2 Å². The molecule has 126 valence electrons. The van der Waals surface area contributed by atoms with Gasteiger partial charge in [-0.3, -0.25) is 14.5 Å². The molecule has 0 aromatic carbocycles. The summed E-state index contributed by atoms with van der Waals surface area (Å²) >= 11 is 1.79. The Balaban J connectivity index is 1.55. The van der Waals surface area contributed by atoms with Crippen molar-refractivity contribution < 1.29 is 9.59 Å². The number of fused-ring (bicyclic) bond motifs is 1. The minimum absolute atomic E-state index is 0.0219. The van der Waals surface area contributed by atoms with E-state index in [0.717, 1.165) is 32.2 Å². The molecular formula is C17H25N3O2S. The Morgan fingerprint density at radius 3 is 2.87 bits per heavy atom. The van der Waals surface area contributed by atoms with Gasteiger partial charge in [0.15, 0.2) is 0 Å². The van der Waals surface area contributed by atoms with Gasteiger partial charge < -0.3 is 10.2 Å². The molecule has 1 N–H and O–H groups in total. The number of nitrogens with zero attached hydrogens (tertiary/aromatic N) is 2. The summed E-state index contributed by atoms with van der Waals surface area (Å²) in [5.74, 6) is 0.143. The van der Waals surface area contributed by atoms with E-state index in [1.807, 2.05) is 16.8 Å². The topological polar surface area (TPSA) is 52.7 Å². The molecule has 0 saturated heterocycles. The minimum Gasteiger partial charge on any atom is -0.352 e. The molecule has 2 heterocycles. The SMILES string of the molecule is CCC1c2ccsc2CCN1C(=O)CN(C)CC(=O)NC1CC1. The Morgan fingerprint density at radius 1 is 1.39 bits per heavy atom. The molecule has 1 aliphatic heterocycles. The Morgan fingerprint density at radius 2 is 2.17 bits per heavy atom. The number of carbonyl (C=O) groups is 2. The lowest BCUT2D eigenvalue weighted by Crippen LogP contribution is -2.46. The maximum atomic E-state index is 12.7. The summed E-state index contributed by atoms with van der Waals surface area (Å²) in [4.78, 5) is 29.7. The van der Waals surface area contributed by atoms with Crippen LogP contribution in [0.3, 0.4) is 0 Å². The fourth-order valence-corrected chi connectivity index (χ4v) is 4.19. The third-order valence-corrected chi connectivity index (χ3v) is 5.56. The molecule has 1 fully saturated rings. The van der Waals surface area contributed by atoms with E-state index in [1.54, 1.807) is 11.3 Å². The molecule has 0 bridgehead atoms. The van der Waals surface area contributed by atoms with Gasteiger partial charge in [-0.2, -0.15) is 0 Å². The quantitative estimate of drug-likeness (QED) is 0.862. The minimum atomic E-state index is 0.0219. The third-order valence-electron chi connectivity index (χ3n) is 4.56. The average Bonchev–Trinajstić information content (AvgIpc) is 3.18. The second-order valence-corrected chi connectivity index (χ2v) is 7.58. The zero-order valence-corrected chi connectivity index (χ0v) is 14.7. The first-order valence-corrected chi connectivity index (χ1v) is 9.30. The maximum absolute atomic E-state index is 12.7. The number of amides is 2. The molecule has 2 aliphatic rings. The van der Waals surface area contributed by atoms with Gasteiger partial charge in [-0.05, 0) is 49.7 Å². The lowest BCUT2D eigenvalue weighted by atomic mass is 9.98. The Kier molecular flexibility index (Phi) is 5.02. The Bertz CT molecular complexity index is 582. The van der Waals surface area contributed by atoms with Gasteiger partial charge in [0.25, 0.3) is 0 Å². The molecule has 0 radical (unpaired) electrons. The van der Waals surface area contributed by atoms with Crippen molar-refractivity contribution in [2.24, 2.45) is 0 Å². The first-order chi connectivity index (χ1) is 11.1. The summed E-state index contributed by atoms with van der Waals surface area (Å²) in [5.41, 5.74) is 1.31. The van der Waals surface area contributed by atoms with Gasteiger partial charge in [0, 0.05) is 17.5 Å². The number of thiophene rings is 1. The summed E-state index contributed by atoms with van der Waals surface area (Å²) in [7, 11) is 1.84. The summed E-state index contributed by atoms with van der Waals surface area (Å²) in [5, 5.41) is 5.08. The second kappa shape index (κ2) is 7.01. The van der Waals surface area contributed by atoms with Crippen LogP contribution in [0.1, 0.15) is 42.7 Å². The van der Waals surface area contributed by atoms with E-state index in [1.165, 1.54) is 10.4 Å². The smallest absolute Gasteiger partial charge is 0.237 e. The molecule has 3 rings (SSSR count). The molecule has 6 heteroatoms. The number of carbonyl (C=O) groups excluding carboxylic acids is 2. The van der Waals surface area contributed by atoms with E-state index >= 15 is 0 Å². The Labute approximate surface area is 141 Å². The lowest BCUT2D eigenvalue weighted by Gasteiger charge is -2.36. The first-order valence-electron chi connectivity index (χ1n) is 8.42. The van der Waals surface area contributed by atoms with Crippen LogP contribution in [0.15, 0.2) is 11.4 Å². The predicted molar refractivity (Wildman–Crippen MR) is 91.4 cm³/mol. The van der Waals surface area contributed by atoms with Crippen LogP contribution in [-0.2, 0) is 16.0 Å². The normalized spacial score (nSPS) is 20.5. The highest BCUT2D eigenvalue weighted by atomic mass is 32.1. The van der Waals surface area contributed by atoms with Crippen LogP contribution in [0.5, 0.6) is 0 Å². The van der Waals surface area contributed by atoms with Crippen molar-refractivity contribution in [1.29, 1.82) is 0 Å². The van der Waals surface area contributed by atoms with Gasteiger partial charge in [0.05, 0.1) is 19.1 Å². The third kappa shape index (κ3) is 3.93. The fourth-order valence-electron chi connectivity index (χ4n) is 3.26. The second-order valence-electron chi connectivity index (χ2n) is 6.57. The zero-order valence-electron chi connectivity index (χ0n) is 13.9. The lowest BCUT2D eigenvalue weighted by molar-refractivity contribution is -0.135. The van der Waals surface area contributed by atoms with Crippen molar-refractivity contribution in [3.05, 3.63) is 21.9 Å². The van der Waals surface area contributed by atoms with Gasteiger partial charge in [-0.25, -0.2) is 0 Å². The molecule has 23 heavy (non-hydrogen) atoms. The molecule has 0 spiro atoms. The van der Waals surface area contributed by atoms with Gasteiger partial charge in [-0.15, -0.1) is 11.3 Å². The summed E-state index contributed by atoms with van der Waals surface area (Å²) < 4.78 is 0. The molecule has 1 aromatic rings. The standard InChI is InChI=1S/C17H25N3O2S/c1-3-14-13-7-9-23-15(13)6-8-20(14)17(22)11-19(2)10-16(21)18-12-4-5-12/h7,9,12,14H,3-6,8,10-11H2,1-2H3,(H,18,21). The van der Waals surface area contributed by atoms with Gasteiger partial charge in [0.2, 0.25) is 11.8 Å². The zero-order chi connectivity index (χ0) is 16.4. The number of rotatable bonds is 6. The first kappa shape index (κ1) is 16.5. The van der Waals surface area contributed by atoms with Crippen molar-refractivity contribution in [3.8, 4) is 0 Å². The summed E-state index contributed by atoms with van der Waals surface area (Å²) in [6, 6.07) is 2.71. The number of nitrogens with one attached hydrogen (secondary N) is 1. The fraction of sp³-hybridized carbons (Fsp3) is 0.647. The highest BCUT2D eigenvalue weighted by Gasteiger charge is 2.31. The van der Waals surface area contributed by atoms with Crippen molar-refractivity contribution in [1.82, 2.24) is 15.1 Å². The summed E-state index contributed by atoms with van der Waals surface area (Å²) in [6.07, 6.45) is 4.05. The predicted octanol–water partition coefficient (Wildman–Crippen LogP) is 1.79. The van der Waals surface area contributed by atoms with E-state index in [0.29, 0.717) is 12.6 Å². The van der Waals surface area contributed by atoms with Crippen molar-refractivity contribution in [2.45, 2.75) is 44.7 Å². The highest BCUT2D eigenvalue weighted by molar-refractivity contribution is 7.10. The van der Waals surface area contributed by atoms with Crippen LogP contribution in [0.25, 0.3) is 0 Å². The van der Waals surface area contributed by atoms with Crippen LogP contribution in [0.4, 0.5) is 0 Å². The molecule has 5 nitrogen and oxygen atoms in total. The monoisotopic (exact) mass is 335 g/mol. The van der Waals surface area contributed by atoms with E-state index < -0.39 is 0 Å². The van der Waals surface area contributed by atoms with E-state index in [4.69, 9.17) is 0 Å². The molecule has 1 aromatic heterocycles. The number of likely N-dealkylation sites (N-methyl/N-ethyl adjacent to an activating group) is 1. The van der Waals surface area contributed by atoms with Crippen molar-refractivity contribution in [3.63, 3.8) is 0 Å². The van der Waals surface area contributed by atoms with Gasteiger partial charge in [-0.1, -0.05) is 6.92 Å². The largest absolute Gasteiger partial charge is 0.352 e. The maximum Gasteiger partial charge on any atom is 0.237 e. The Hall–Kier alpha value is -1.40. The van der Waals surface area contributed by atoms with E-state index in [2.05, 4.69) is 23.7 Å². The molecular weight excluding hydrogens is 310 g/mol. The van der Waals surface area contributed by atoms with Crippen LogP contribution in [0.2, 0.25) is 0 Å². The average molecular weight is 335 g/mol. The van der Waals surface area contributed by atoms with Crippen LogP contribution < -0.4 is 5.32 Å². The molecule has 2 amide bonds. The van der Waals surface area contributed by atoms with Crippen LogP contribution in [0, 0.1) is 0 Å². The summed E-state index contributed by atoms with van der Waals surface area (Å²) in [6.45, 7) is 3.50. The highest BCUT2D eigenvalue weighted by Crippen LogP contribution is 2.35. The van der Waals surface area contributed by atoms with Gasteiger partial charge >= 0.3 is 0 Å². The van der Waals surface area contributed by atoms with E-state index in [9.17, 15) is 9.59 Å². The number of hydrogen-bond donors (Lipinski definition) is 1. The number of hydrogen-bond acceptors (Lipinski definition) is 4. The van der Waals surface area contributed by atoms with Crippen LogP contribution >= 0.6 is 11.3 Å².